The molecule has 0 heterocycles. The van der Waals surface area contributed by atoms with E-state index >= 15 is 0 Å². The van der Waals surface area contributed by atoms with Crippen molar-refractivity contribution >= 4 is 43.5 Å². The van der Waals surface area contributed by atoms with Crippen LogP contribution in [0.4, 0.5) is 0 Å². The van der Waals surface area contributed by atoms with Crippen LogP contribution < -0.4 is 0 Å². The zero-order chi connectivity index (χ0) is 14.0. The van der Waals surface area contributed by atoms with Gasteiger partial charge in [-0.1, -0.05) is 77.8 Å². The highest BCUT2D eigenvalue weighted by Crippen LogP contribution is 2.38. The van der Waals surface area contributed by atoms with E-state index < -0.39 is 0 Å². The van der Waals surface area contributed by atoms with Crippen LogP contribution in [0.25, 0.3) is 0 Å². The van der Waals surface area contributed by atoms with Gasteiger partial charge in [-0.25, -0.2) is 0 Å². The molecule has 0 bridgehead atoms. The largest absolute Gasteiger partial charge is 0.0827 e. The van der Waals surface area contributed by atoms with Crippen LogP contribution in [0.1, 0.15) is 41.3 Å². The first-order valence-corrected chi connectivity index (χ1v) is 8.27. The molecule has 0 N–H and O–H groups in total. The van der Waals surface area contributed by atoms with Crippen LogP contribution >= 0.6 is 43.5 Å². The number of halogens is 3. The molecule has 100 valence electrons. The summed E-state index contributed by atoms with van der Waals surface area (Å²) in [7, 11) is 0. The van der Waals surface area contributed by atoms with E-state index in [2.05, 4.69) is 70.0 Å². The molecule has 0 fully saturated rings. The molecule has 0 spiro atoms. The third-order valence-corrected chi connectivity index (χ3v) is 5.48. The van der Waals surface area contributed by atoms with Crippen molar-refractivity contribution in [1.82, 2.24) is 0 Å². The normalized spacial score (nSPS) is 12.7. The molecular formula is C16H15Br2Cl. The molecule has 0 nitrogen and oxygen atoms in total. The lowest BCUT2D eigenvalue weighted by Gasteiger charge is -2.14. The molecule has 0 radical (unpaired) electrons. The van der Waals surface area contributed by atoms with E-state index in [9.17, 15) is 0 Å². The summed E-state index contributed by atoms with van der Waals surface area (Å²) in [4.78, 5) is 0.110. The second-order valence-corrected chi connectivity index (χ2v) is 6.97. The van der Waals surface area contributed by atoms with Gasteiger partial charge in [-0.3, -0.25) is 0 Å². The van der Waals surface area contributed by atoms with E-state index in [1.165, 1.54) is 11.1 Å². The molecule has 3 heteroatoms. The van der Waals surface area contributed by atoms with Crippen molar-refractivity contribution in [2.24, 2.45) is 0 Å². The van der Waals surface area contributed by atoms with Crippen molar-refractivity contribution in [2.45, 2.75) is 24.6 Å². The molecule has 2 aromatic carbocycles. The molecule has 0 aromatic heterocycles. The average Bonchev–Trinajstić information content (AvgIpc) is 2.41. The molecule has 1 atom stereocenters. The fourth-order valence-corrected chi connectivity index (χ4v) is 3.38. The second-order valence-electron chi connectivity index (χ2n) is 4.83. The summed E-state index contributed by atoms with van der Waals surface area (Å²) in [6.07, 6.45) is 0. The molecule has 0 aliphatic carbocycles. The van der Waals surface area contributed by atoms with Crippen molar-refractivity contribution in [2.75, 3.05) is 0 Å². The molecule has 0 aliphatic heterocycles. The molecule has 0 saturated heterocycles. The first-order valence-electron chi connectivity index (χ1n) is 6.18. The van der Waals surface area contributed by atoms with Gasteiger partial charge in [0.2, 0.25) is 0 Å². The van der Waals surface area contributed by atoms with Crippen LogP contribution in [0.15, 0.2) is 46.9 Å². The van der Waals surface area contributed by atoms with Gasteiger partial charge in [-0.15, -0.1) is 0 Å². The minimum Gasteiger partial charge on any atom is -0.0827 e. The minimum atomic E-state index is 0.110. The Balaban J connectivity index is 2.33. The third kappa shape index (κ3) is 3.42. The Morgan fingerprint density at radius 3 is 2.11 bits per heavy atom. The van der Waals surface area contributed by atoms with E-state index in [-0.39, 0.29) is 4.83 Å². The Hall–Kier alpha value is -0.310. The minimum absolute atomic E-state index is 0.110. The number of benzene rings is 2. The zero-order valence-electron chi connectivity index (χ0n) is 10.8. The van der Waals surface area contributed by atoms with Gasteiger partial charge in [0.1, 0.15) is 0 Å². The van der Waals surface area contributed by atoms with Gasteiger partial charge >= 0.3 is 0 Å². The van der Waals surface area contributed by atoms with Crippen molar-refractivity contribution in [3.05, 3.63) is 68.7 Å². The maximum atomic E-state index is 6.34. The molecule has 0 aliphatic rings. The molecule has 0 saturated carbocycles. The van der Waals surface area contributed by atoms with E-state index in [0.29, 0.717) is 5.92 Å². The first kappa shape index (κ1) is 15.1. The number of hydrogen-bond acceptors (Lipinski definition) is 0. The van der Waals surface area contributed by atoms with E-state index in [1.54, 1.807) is 0 Å². The summed E-state index contributed by atoms with van der Waals surface area (Å²) in [6, 6.07) is 14.7. The van der Waals surface area contributed by atoms with Crippen molar-refractivity contribution < 1.29 is 0 Å². The van der Waals surface area contributed by atoms with E-state index in [1.807, 2.05) is 18.2 Å². The third-order valence-electron chi connectivity index (χ3n) is 3.15. The van der Waals surface area contributed by atoms with Crippen molar-refractivity contribution in [1.29, 1.82) is 0 Å². The zero-order valence-corrected chi connectivity index (χ0v) is 14.8. The molecular weight excluding hydrogens is 387 g/mol. The lowest BCUT2D eigenvalue weighted by molar-refractivity contribution is 0.865. The van der Waals surface area contributed by atoms with Gasteiger partial charge in [0.15, 0.2) is 0 Å². The van der Waals surface area contributed by atoms with E-state index in [0.717, 1.165) is 15.1 Å². The van der Waals surface area contributed by atoms with Crippen LogP contribution in [0.3, 0.4) is 0 Å². The number of rotatable bonds is 3. The molecule has 2 rings (SSSR count). The lowest BCUT2D eigenvalue weighted by atomic mass is 9.99. The quantitative estimate of drug-likeness (QED) is 0.501. The Bertz CT molecular complexity index is 561. The van der Waals surface area contributed by atoms with Crippen LogP contribution in [-0.4, -0.2) is 0 Å². The summed E-state index contributed by atoms with van der Waals surface area (Å²) in [5.74, 6) is 0.553. The van der Waals surface area contributed by atoms with Gasteiger partial charge in [0, 0.05) is 4.47 Å². The first-order chi connectivity index (χ1) is 9.00. The fraction of sp³-hybridized carbons (Fsp3) is 0.250. The van der Waals surface area contributed by atoms with Gasteiger partial charge < -0.3 is 0 Å². The summed E-state index contributed by atoms with van der Waals surface area (Å²) in [5.41, 5.74) is 3.64. The Morgan fingerprint density at radius 1 is 0.947 bits per heavy atom. The van der Waals surface area contributed by atoms with Crippen LogP contribution in [0.5, 0.6) is 0 Å². The summed E-state index contributed by atoms with van der Waals surface area (Å²) in [5, 5.41) is 0.761. The van der Waals surface area contributed by atoms with Gasteiger partial charge in [0.05, 0.1) is 9.85 Å². The van der Waals surface area contributed by atoms with Gasteiger partial charge in [0.25, 0.3) is 0 Å². The fourth-order valence-electron chi connectivity index (χ4n) is 1.95. The smallest absolute Gasteiger partial charge is 0.0659 e. The summed E-state index contributed by atoms with van der Waals surface area (Å²) in [6.45, 7) is 4.40. The van der Waals surface area contributed by atoms with Crippen LogP contribution in [-0.2, 0) is 0 Å². The average molecular weight is 403 g/mol. The summed E-state index contributed by atoms with van der Waals surface area (Å²) < 4.78 is 0.926. The SMILES string of the molecule is CC(C)c1ccc(C(Br)c2cccc(Br)c2Cl)cc1. The molecule has 2 aromatic rings. The Morgan fingerprint density at radius 2 is 1.53 bits per heavy atom. The predicted octanol–water partition coefficient (Wildman–Crippen LogP) is 6.71. The highest BCUT2D eigenvalue weighted by molar-refractivity contribution is 9.10. The monoisotopic (exact) mass is 400 g/mol. The maximum absolute atomic E-state index is 6.34. The van der Waals surface area contributed by atoms with Gasteiger partial charge in [-0.2, -0.15) is 0 Å². The standard InChI is InChI=1S/C16H15Br2Cl/c1-10(2)11-6-8-12(9-7-11)15(18)13-4-3-5-14(17)16(13)19/h3-10,15H,1-2H3. The number of alkyl halides is 1. The van der Waals surface area contributed by atoms with Gasteiger partial charge in [-0.05, 0) is 44.6 Å². The maximum Gasteiger partial charge on any atom is 0.0659 e. The number of hydrogen-bond donors (Lipinski definition) is 0. The van der Waals surface area contributed by atoms with Crippen LogP contribution in [0.2, 0.25) is 5.02 Å². The Kier molecular flexibility index (Phi) is 5.10. The molecule has 1 unspecified atom stereocenters. The molecule has 19 heavy (non-hydrogen) atoms. The van der Waals surface area contributed by atoms with E-state index in [4.69, 9.17) is 11.6 Å². The van der Waals surface area contributed by atoms with Crippen LogP contribution in [0, 0.1) is 0 Å². The second kappa shape index (κ2) is 6.43. The highest BCUT2D eigenvalue weighted by atomic mass is 79.9. The van der Waals surface area contributed by atoms with Crippen molar-refractivity contribution in [3.8, 4) is 0 Å². The van der Waals surface area contributed by atoms with Crippen molar-refractivity contribution in [3.63, 3.8) is 0 Å². The Labute approximate surface area is 136 Å². The topological polar surface area (TPSA) is 0 Å². The summed E-state index contributed by atoms with van der Waals surface area (Å²) >= 11 is 13.5. The lowest BCUT2D eigenvalue weighted by Crippen LogP contribution is -1.95. The highest BCUT2D eigenvalue weighted by Gasteiger charge is 2.15. The predicted molar refractivity (Wildman–Crippen MR) is 90.5 cm³/mol. The molecule has 0 amide bonds.